The molecule has 128 valence electrons. The van der Waals surface area contributed by atoms with Crippen LogP contribution in [-0.2, 0) is 0 Å². The molecule has 1 saturated heterocycles. The first-order valence-corrected chi connectivity index (χ1v) is 8.08. The Kier molecular flexibility index (Phi) is 5.17. The molecule has 6 nitrogen and oxygen atoms in total. The van der Waals surface area contributed by atoms with E-state index in [1.165, 1.54) is 0 Å². The zero-order valence-electron chi connectivity index (χ0n) is 13.6. The van der Waals surface area contributed by atoms with Crippen LogP contribution in [0, 0.1) is 11.8 Å². The summed E-state index contributed by atoms with van der Waals surface area (Å²) in [4.78, 5) is 13.1. The van der Waals surface area contributed by atoms with Crippen LogP contribution in [0.15, 0.2) is 36.9 Å². The highest BCUT2D eigenvalue weighted by atomic mass is 35.5. The van der Waals surface area contributed by atoms with Crippen molar-refractivity contribution in [3.63, 3.8) is 0 Å². The van der Waals surface area contributed by atoms with Crippen LogP contribution in [0.4, 0.5) is 5.82 Å². The first kappa shape index (κ1) is 17.2. The van der Waals surface area contributed by atoms with Crippen molar-refractivity contribution in [2.75, 3.05) is 18.8 Å². The number of nitrogens with zero attached hydrogens (tertiary/aromatic N) is 4. The van der Waals surface area contributed by atoms with Gasteiger partial charge in [0.15, 0.2) is 5.82 Å². The van der Waals surface area contributed by atoms with Crippen LogP contribution in [0.2, 0.25) is 0 Å². The number of piperidine rings is 1. The van der Waals surface area contributed by atoms with Crippen LogP contribution in [0.1, 0.15) is 35.8 Å². The van der Waals surface area contributed by atoms with Gasteiger partial charge in [-0.3, -0.25) is 9.38 Å². The van der Waals surface area contributed by atoms with Gasteiger partial charge >= 0.3 is 0 Å². The van der Waals surface area contributed by atoms with Gasteiger partial charge in [-0.25, -0.2) is 9.97 Å². The number of nitrogen functional groups attached to an aromatic ring is 1. The van der Waals surface area contributed by atoms with Gasteiger partial charge in [-0.1, -0.05) is 5.92 Å². The van der Waals surface area contributed by atoms with Crippen molar-refractivity contribution in [3.05, 3.63) is 54.0 Å². The van der Waals surface area contributed by atoms with E-state index in [2.05, 4.69) is 27.1 Å². The maximum absolute atomic E-state index is 6.10. The molecule has 1 aliphatic heterocycles. The van der Waals surface area contributed by atoms with Gasteiger partial charge in [0.2, 0.25) is 0 Å². The number of fused-ring (bicyclic) bond motifs is 1. The Labute approximate surface area is 152 Å². The molecule has 0 unspecified atom stereocenters. The molecule has 0 radical (unpaired) electrons. The molecule has 7 heteroatoms. The Morgan fingerprint density at radius 1 is 1.20 bits per heavy atom. The molecule has 3 aromatic heterocycles. The zero-order valence-corrected chi connectivity index (χ0v) is 14.5. The van der Waals surface area contributed by atoms with E-state index in [1.54, 1.807) is 18.6 Å². The normalized spacial score (nSPS) is 14.6. The molecule has 1 fully saturated rings. The fourth-order valence-electron chi connectivity index (χ4n) is 3.11. The predicted octanol–water partition coefficient (Wildman–Crippen LogP) is 2.00. The molecule has 0 saturated carbocycles. The van der Waals surface area contributed by atoms with Gasteiger partial charge < -0.3 is 11.1 Å². The molecule has 3 N–H and O–H groups in total. The lowest BCUT2D eigenvalue weighted by Gasteiger charge is -2.21. The monoisotopic (exact) mass is 354 g/mol. The number of pyridine rings is 1. The molecule has 1 aliphatic rings. The number of rotatable bonds is 1. The maximum Gasteiger partial charge on any atom is 0.150 e. The Morgan fingerprint density at radius 3 is 2.80 bits per heavy atom. The third-order valence-electron chi connectivity index (χ3n) is 4.30. The quantitative estimate of drug-likeness (QED) is 0.653. The molecule has 0 aliphatic carbocycles. The molecular formula is C18H19ClN6. The minimum atomic E-state index is 0. The SMILES string of the molecule is Cl.Nc1nccn2c(C3CCNCC3)nc(C#Cc3cccnc3)c12. The number of hydrogen-bond donors (Lipinski definition) is 2. The van der Waals surface area contributed by atoms with Crippen molar-refractivity contribution in [2.24, 2.45) is 0 Å². The number of halogens is 1. The lowest BCUT2D eigenvalue weighted by Crippen LogP contribution is -2.27. The topological polar surface area (TPSA) is 81.1 Å². The molecule has 25 heavy (non-hydrogen) atoms. The van der Waals surface area contributed by atoms with Crippen LogP contribution in [-0.4, -0.2) is 32.4 Å². The Hall–Kier alpha value is -2.62. The second-order valence-electron chi connectivity index (χ2n) is 5.87. The van der Waals surface area contributed by atoms with E-state index in [0.717, 1.165) is 42.8 Å². The fourth-order valence-corrected chi connectivity index (χ4v) is 3.11. The second-order valence-corrected chi connectivity index (χ2v) is 5.87. The standard InChI is InChI=1S/C18H18N6.ClH/c19-17-16-15(4-3-13-2-1-7-21-12-13)23-18(24(16)11-10-22-17)14-5-8-20-9-6-14;/h1-2,7,10-12,14,20H,5-6,8-9H2,(H2,19,22);1H. The number of imidazole rings is 1. The second kappa shape index (κ2) is 7.51. The van der Waals surface area contributed by atoms with E-state index in [1.807, 2.05) is 22.7 Å². The molecule has 4 rings (SSSR count). The molecule has 0 atom stereocenters. The zero-order chi connectivity index (χ0) is 16.4. The Balaban J connectivity index is 0.00000182. The van der Waals surface area contributed by atoms with Gasteiger partial charge in [0.25, 0.3) is 0 Å². The summed E-state index contributed by atoms with van der Waals surface area (Å²) in [5.41, 5.74) is 8.43. The molecule has 0 bridgehead atoms. The summed E-state index contributed by atoms with van der Waals surface area (Å²) in [6.45, 7) is 2.02. The Bertz CT molecular complexity index is 919. The number of aromatic nitrogens is 4. The molecule has 3 aromatic rings. The van der Waals surface area contributed by atoms with E-state index in [0.29, 0.717) is 17.4 Å². The summed E-state index contributed by atoms with van der Waals surface area (Å²) in [5.74, 6) is 8.15. The van der Waals surface area contributed by atoms with Gasteiger partial charge in [0.1, 0.15) is 17.0 Å². The highest BCUT2D eigenvalue weighted by Gasteiger charge is 2.22. The van der Waals surface area contributed by atoms with Crippen LogP contribution < -0.4 is 11.1 Å². The van der Waals surface area contributed by atoms with Crippen molar-refractivity contribution in [1.82, 2.24) is 24.7 Å². The first-order chi connectivity index (χ1) is 11.8. The number of nitrogens with one attached hydrogen (secondary N) is 1. The van der Waals surface area contributed by atoms with Crippen molar-refractivity contribution in [3.8, 4) is 11.8 Å². The smallest absolute Gasteiger partial charge is 0.150 e. The summed E-state index contributed by atoms with van der Waals surface area (Å²) >= 11 is 0. The third-order valence-corrected chi connectivity index (χ3v) is 4.30. The molecule has 0 aromatic carbocycles. The summed E-state index contributed by atoms with van der Waals surface area (Å²) in [5, 5.41) is 3.39. The van der Waals surface area contributed by atoms with Gasteiger partial charge in [0, 0.05) is 36.3 Å². The number of nitrogens with two attached hydrogens (primary N) is 1. The van der Waals surface area contributed by atoms with E-state index in [9.17, 15) is 0 Å². The van der Waals surface area contributed by atoms with Crippen LogP contribution in [0.3, 0.4) is 0 Å². The van der Waals surface area contributed by atoms with Crippen LogP contribution >= 0.6 is 12.4 Å². The summed E-state index contributed by atoms with van der Waals surface area (Å²) in [6, 6.07) is 3.79. The largest absolute Gasteiger partial charge is 0.382 e. The molecule has 0 amide bonds. The minimum Gasteiger partial charge on any atom is -0.382 e. The van der Waals surface area contributed by atoms with Crippen LogP contribution in [0.25, 0.3) is 5.52 Å². The average Bonchev–Trinajstić information content (AvgIpc) is 3.02. The van der Waals surface area contributed by atoms with Crippen LogP contribution in [0.5, 0.6) is 0 Å². The summed E-state index contributed by atoms with van der Waals surface area (Å²) in [7, 11) is 0. The minimum absolute atomic E-state index is 0. The lowest BCUT2D eigenvalue weighted by molar-refractivity contribution is 0.444. The van der Waals surface area contributed by atoms with E-state index in [4.69, 9.17) is 10.7 Å². The fraction of sp³-hybridized carbons (Fsp3) is 0.278. The van der Waals surface area contributed by atoms with Gasteiger partial charge in [-0.2, -0.15) is 0 Å². The van der Waals surface area contributed by atoms with E-state index < -0.39 is 0 Å². The Morgan fingerprint density at radius 2 is 2.04 bits per heavy atom. The number of hydrogen-bond acceptors (Lipinski definition) is 5. The van der Waals surface area contributed by atoms with E-state index in [-0.39, 0.29) is 12.4 Å². The predicted molar refractivity (Wildman–Crippen MR) is 99.7 cm³/mol. The molecule has 4 heterocycles. The summed E-state index contributed by atoms with van der Waals surface area (Å²) < 4.78 is 2.05. The number of anilines is 1. The third kappa shape index (κ3) is 3.43. The van der Waals surface area contributed by atoms with Crippen molar-refractivity contribution < 1.29 is 0 Å². The first-order valence-electron chi connectivity index (χ1n) is 8.08. The maximum atomic E-state index is 6.10. The highest BCUT2D eigenvalue weighted by Crippen LogP contribution is 2.28. The van der Waals surface area contributed by atoms with Crippen molar-refractivity contribution in [2.45, 2.75) is 18.8 Å². The highest BCUT2D eigenvalue weighted by molar-refractivity contribution is 5.85. The molecule has 0 spiro atoms. The van der Waals surface area contributed by atoms with E-state index >= 15 is 0 Å². The van der Waals surface area contributed by atoms with Gasteiger partial charge in [0.05, 0.1) is 0 Å². The van der Waals surface area contributed by atoms with Gasteiger partial charge in [-0.05, 0) is 44.0 Å². The lowest BCUT2D eigenvalue weighted by atomic mass is 9.97. The average molecular weight is 355 g/mol. The van der Waals surface area contributed by atoms with Crippen molar-refractivity contribution in [1.29, 1.82) is 0 Å². The van der Waals surface area contributed by atoms with Gasteiger partial charge in [-0.15, -0.1) is 12.4 Å². The molecular weight excluding hydrogens is 336 g/mol. The summed E-state index contributed by atoms with van der Waals surface area (Å²) in [6.07, 6.45) is 9.24. The van der Waals surface area contributed by atoms with Crippen molar-refractivity contribution >= 4 is 23.7 Å².